The largest absolute Gasteiger partial charge is 0.361 e. The molecule has 0 aliphatic carbocycles. The summed E-state index contributed by atoms with van der Waals surface area (Å²) in [6, 6.07) is 8.13. The van der Waals surface area contributed by atoms with Crippen molar-refractivity contribution in [2.45, 2.75) is 13.1 Å². The van der Waals surface area contributed by atoms with Crippen LogP contribution in [-0.2, 0) is 0 Å². The highest BCUT2D eigenvalue weighted by atomic mass is 15.5. The zero-order valence-corrected chi connectivity index (χ0v) is 12.0. The molecule has 0 saturated carbocycles. The van der Waals surface area contributed by atoms with E-state index in [1.54, 1.807) is 10.9 Å². The fraction of sp³-hybridized carbons (Fsp3) is 0.133. The second kappa shape index (κ2) is 5.03. The molecular weight excluding hydrogens is 278 g/mol. The van der Waals surface area contributed by atoms with Crippen molar-refractivity contribution in [3.05, 3.63) is 54.1 Å². The number of hydrogen-bond acceptors (Lipinski definition) is 5. The van der Waals surface area contributed by atoms with Crippen LogP contribution in [0.4, 0.5) is 5.95 Å². The quantitative estimate of drug-likeness (QED) is 0.511. The van der Waals surface area contributed by atoms with Crippen LogP contribution in [0.15, 0.2) is 53.7 Å². The Morgan fingerprint density at radius 3 is 3.23 bits per heavy atom. The Balaban J connectivity index is 1.56. The molecule has 3 aromatic rings. The Labute approximate surface area is 126 Å². The molecule has 0 saturated heterocycles. The normalized spacial score (nSPS) is 17.3. The molecule has 0 amide bonds. The molecule has 3 heterocycles. The van der Waals surface area contributed by atoms with E-state index in [2.05, 4.69) is 37.0 Å². The number of aromatic amines is 1. The number of nitrogens with zero attached hydrogens (tertiary/aromatic N) is 4. The zero-order chi connectivity index (χ0) is 14.9. The van der Waals surface area contributed by atoms with Gasteiger partial charge >= 0.3 is 0 Å². The summed E-state index contributed by atoms with van der Waals surface area (Å²) in [5.74, 6) is 0.708. The van der Waals surface area contributed by atoms with E-state index in [1.807, 2.05) is 37.4 Å². The second-order valence-electron chi connectivity index (χ2n) is 5.12. The van der Waals surface area contributed by atoms with Crippen molar-refractivity contribution in [2.75, 3.05) is 5.32 Å². The van der Waals surface area contributed by atoms with Gasteiger partial charge in [-0.05, 0) is 19.1 Å². The Morgan fingerprint density at radius 2 is 2.27 bits per heavy atom. The van der Waals surface area contributed by atoms with E-state index in [4.69, 9.17) is 0 Å². The lowest BCUT2D eigenvalue weighted by Gasteiger charge is -2.21. The van der Waals surface area contributed by atoms with Crippen molar-refractivity contribution < 1.29 is 0 Å². The summed E-state index contributed by atoms with van der Waals surface area (Å²) in [6.45, 7) is 1.98. The molecule has 3 N–H and O–H groups in total. The van der Waals surface area contributed by atoms with E-state index in [0.29, 0.717) is 5.95 Å². The predicted molar refractivity (Wildman–Crippen MR) is 85.5 cm³/mol. The van der Waals surface area contributed by atoms with E-state index in [0.717, 1.165) is 22.2 Å². The minimum atomic E-state index is -0.153. The number of anilines is 1. The van der Waals surface area contributed by atoms with Crippen LogP contribution in [0.5, 0.6) is 0 Å². The van der Waals surface area contributed by atoms with Crippen molar-refractivity contribution in [2.24, 2.45) is 5.10 Å². The summed E-state index contributed by atoms with van der Waals surface area (Å²) in [6.07, 6.45) is 7.13. The van der Waals surface area contributed by atoms with Crippen molar-refractivity contribution in [3.8, 4) is 0 Å². The lowest BCUT2D eigenvalue weighted by atomic mass is 10.2. The second-order valence-corrected chi connectivity index (χ2v) is 5.12. The van der Waals surface area contributed by atoms with E-state index < -0.39 is 0 Å². The van der Waals surface area contributed by atoms with Gasteiger partial charge in [0, 0.05) is 28.4 Å². The first-order chi connectivity index (χ1) is 10.8. The molecule has 1 aliphatic rings. The van der Waals surface area contributed by atoms with Gasteiger partial charge in [0.05, 0.1) is 6.21 Å². The Bertz CT molecular complexity index is 871. The van der Waals surface area contributed by atoms with Gasteiger partial charge < -0.3 is 10.3 Å². The third kappa shape index (κ3) is 2.12. The SMILES string of the molecule is CC1=CC(N/N=C/c2c[nH]c3ccccc23)n2ncnc2N1. The molecule has 22 heavy (non-hydrogen) atoms. The van der Waals surface area contributed by atoms with Gasteiger partial charge in [-0.2, -0.15) is 15.2 Å². The number of hydrazone groups is 1. The first kappa shape index (κ1) is 12.6. The highest BCUT2D eigenvalue weighted by Crippen LogP contribution is 2.19. The van der Waals surface area contributed by atoms with Gasteiger partial charge in [-0.3, -0.25) is 5.43 Å². The zero-order valence-electron chi connectivity index (χ0n) is 12.0. The first-order valence-electron chi connectivity index (χ1n) is 7.01. The summed E-state index contributed by atoms with van der Waals surface area (Å²) in [7, 11) is 0. The Hall–Kier alpha value is -3.09. The highest BCUT2D eigenvalue weighted by molar-refractivity contribution is 5.98. The monoisotopic (exact) mass is 293 g/mol. The topological polar surface area (TPSA) is 82.9 Å². The number of H-pyrrole nitrogens is 1. The molecule has 0 radical (unpaired) electrons. The van der Waals surface area contributed by atoms with Crippen molar-refractivity contribution in [3.63, 3.8) is 0 Å². The molecule has 0 bridgehead atoms. The van der Waals surface area contributed by atoms with Gasteiger partial charge in [0.1, 0.15) is 6.33 Å². The number of allylic oxidation sites excluding steroid dienone is 1. The molecule has 0 spiro atoms. The van der Waals surface area contributed by atoms with E-state index >= 15 is 0 Å². The Morgan fingerprint density at radius 1 is 1.36 bits per heavy atom. The summed E-state index contributed by atoms with van der Waals surface area (Å²) >= 11 is 0. The molecule has 110 valence electrons. The molecule has 2 aromatic heterocycles. The molecule has 1 unspecified atom stereocenters. The number of benzene rings is 1. The fourth-order valence-electron chi connectivity index (χ4n) is 2.54. The van der Waals surface area contributed by atoms with Crippen LogP contribution in [0, 0.1) is 0 Å². The van der Waals surface area contributed by atoms with E-state index in [9.17, 15) is 0 Å². The number of fused-ring (bicyclic) bond motifs is 2. The average Bonchev–Trinajstić information content (AvgIpc) is 3.14. The lowest BCUT2D eigenvalue weighted by molar-refractivity contribution is 0.451. The summed E-state index contributed by atoms with van der Waals surface area (Å²) in [5, 5.41) is 12.8. The van der Waals surface area contributed by atoms with Crippen LogP contribution >= 0.6 is 0 Å². The lowest BCUT2D eigenvalue weighted by Crippen LogP contribution is -2.27. The van der Waals surface area contributed by atoms with Crippen LogP contribution in [0.25, 0.3) is 10.9 Å². The van der Waals surface area contributed by atoms with Crippen molar-refractivity contribution in [1.82, 2.24) is 25.2 Å². The maximum atomic E-state index is 4.34. The van der Waals surface area contributed by atoms with Gasteiger partial charge in [0.25, 0.3) is 0 Å². The predicted octanol–water partition coefficient (Wildman–Crippen LogP) is 2.21. The third-order valence-electron chi connectivity index (χ3n) is 3.59. The molecule has 1 atom stereocenters. The van der Waals surface area contributed by atoms with Gasteiger partial charge in [-0.1, -0.05) is 18.2 Å². The molecule has 0 fully saturated rings. The summed E-state index contributed by atoms with van der Waals surface area (Å²) in [5.41, 5.74) is 6.25. The molecule has 7 heteroatoms. The van der Waals surface area contributed by atoms with E-state index in [-0.39, 0.29) is 6.17 Å². The molecule has 7 nitrogen and oxygen atoms in total. The van der Waals surface area contributed by atoms with Gasteiger partial charge in [0.2, 0.25) is 5.95 Å². The first-order valence-corrected chi connectivity index (χ1v) is 7.01. The summed E-state index contributed by atoms with van der Waals surface area (Å²) < 4.78 is 1.75. The maximum Gasteiger partial charge on any atom is 0.227 e. The number of para-hydroxylation sites is 1. The Kier molecular flexibility index (Phi) is 2.89. The van der Waals surface area contributed by atoms with Gasteiger partial charge in [-0.25, -0.2) is 4.68 Å². The minimum Gasteiger partial charge on any atom is -0.361 e. The molecule has 4 rings (SSSR count). The van der Waals surface area contributed by atoms with Crippen LogP contribution in [0.3, 0.4) is 0 Å². The highest BCUT2D eigenvalue weighted by Gasteiger charge is 2.18. The van der Waals surface area contributed by atoms with E-state index in [1.165, 1.54) is 6.33 Å². The standard InChI is InChI=1S/C15H15N7/c1-10-6-14(22-15(20-10)17-9-19-22)21-18-8-11-7-16-13-5-3-2-4-12(11)13/h2-9,14,16,21H,1H3,(H,17,19,20)/b18-8+. The van der Waals surface area contributed by atoms with Gasteiger partial charge in [-0.15, -0.1) is 0 Å². The maximum absolute atomic E-state index is 4.34. The number of rotatable bonds is 3. The third-order valence-corrected chi connectivity index (χ3v) is 3.59. The van der Waals surface area contributed by atoms with Crippen LogP contribution in [0.2, 0.25) is 0 Å². The van der Waals surface area contributed by atoms with Crippen LogP contribution < -0.4 is 10.7 Å². The number of hydrogen-bond donors (Lipinski definition) is 3. The summed E-state index contributed by atoms with van der Waals surface area (Å²) in [4.78, 5) is 7.39. The minimum absolute atomic E-state index is 0.153. The van der Waals surface area contributed by atoms with Gasteiger partial charge in [0.15, 0.2) is 6.17 Å². The van der Waals surface area contributed by atoms with Crippen LogP contribution in [0.1, 0.15) is 18.7 Å². The average molecular weight is 293 g/mol. The number of aromatic nitrogens is 4. The number of nitrogens with one attached hydrogen (secondary N) is 3. The smallest absolute Gasteiger partial charge is 0.227 e. The fourth-order valence-corrected chi connectivity index (χ4v) is 2.54. The van der Waals surface area contributed by atoms with Crippen molar-refractivity contribution >= 4 is 23.1 Å². The molecule has 1 aliphatic heterocycles. The molecule has 1 aromatic carbocycles. The van der Waals surface area contributed by atoms with Crippen LogP contribution in [-0.4, -0.2) is 26.0 Å². The van der Waals surface area contributed by atoms with Crippen molar-refractivity contribution in [1.29, 1.82) is 0 Å². The molecular formula is C15H15N7.